The molecule has 0 saturated heterocycles. The molecule has 2 N–H and O–H groups in total. The summed E-state index contributed by atoms with van der Waals surface area (Å²) in [6.45, 7) is 2.01. The predicted molar refractivity (Wildman–Crippen MR) is 96.7 cm³/mol. The normalized spacial score (nSPS) is 19.8. The second-order valence-corrected chi connectivity index (χ2v) is 6.44. The van der Waals surface area contributed by atoms with E-state index in [4.69, 9.17) is 4.74 Å². The summed E-state index contributed by atoms with van der Waals surface area (Å²) in [6, 6.07) is 13.8. The first kappa shape index (κ1) is 15.4. The van der Waals surface area contributed by atoms with Gasteiger partial charge in [0.25, 0.3) is 0 Å². The first-order valence-corrected chi connectivity index (χ1v) is 8.05. The minimum atomic E-state index is -0.419. The van der Waals surface area contributed by atoms with Crippen molar-refractivity contribution in [3.8, 4) is 17.1 Å². The van der Waals surface area contributed by atoms with Gasteiger partial charge in [0.2, 0.25) is 5.91 Å². The summed E-state index contributed by atoms with van der Waals surface area (Å²) in [5.74, 6) is 1.49. The van der Waals surface area contributed by atoms with Crippen LogP contribution in [-0.4, -0.2) is 29.2 Å². The van der Waals surface area contributed by atoms with Crippen LogP contribution in [0.2, 0.25) is 0 Å². The number of carbonyl (C=O) groups is 1. The summed E-state index contributed by atoms with van der Waals surface area (Å²) < 4.78 is 5.28. The van der Waals surface area contributed by atoms with Crippen LogP contribution < -0.4 is 10.2 Å². The molecule has 126 valence electrons. The van der Waals surface area contributed by atoms with Crippen LogP contribution in [0.15, 0.2) is 47.6 Å². The molecule has 6 nitrogen and oxygen atoms in total. The molecule has 1 aromatic heterocycles. The third-order valence-corrected chi connectivity index (χ3v) is 4.55. The van der Waals surface area contributed by atoms with E-state index in [1.54, 1.807) is 13.3 Å². The quantitative estimate of drug-likeness (QED) is 0.773. The summed E-state index contributed by atoms with van der Waals surface area (Å²) in [7, 11) is 1.65. The first-order chi connectivity index (χ1) is 12.1. The number of amides is 1. The van der Waals surface area contributed by atoms with E-state index in [1.807, 2.05) is 49.4 Å². The third-order valence-electron chi connectivity index (χ3n) is 4.55. The van der Waals surface area contributed by atoms with Crippen molar-refractivity contribution in [2.45, 2.75) is 18.8 Å². The van der Waals surface area contributed by atoms with Crippen LogP contribution in [0.4, 0.5) is 0 Å². The number of fused-ring (bicyclic) bond motifs is 1. The van der Waals surface area contributed by atoms with Gasteiger partial charge < -0.3 is 9.72 Å². The molecule has 1 amide bonds. The van der Waals surface area contributed by atoms with E-state index < -0.39 is 5.41 Å². The van der Waals surface area contributed by atoms with Crippen molar-refractivity contribution in [3.05, 3.63) is 48.0 Å². The maximum absolute atomic E-state index is 11.7. The molecule has 1 atom stereocenters. The van der Waals surface area contributed by atoms with Crippen molar-refractivity contribution in [3.63, 3.8) is 0 Å². The van der Waals surface area contributed by atoms with Gasteiger partial charge in [-0.1, -0.05) is 18.2 Å². The highest BCUT2D eigenvalue weighted by molar-refractivity contribution is 5.90. The minimum Gasteiger partial charge on any atom is -0.497 e. The van der Waals surface area contributed by atoms with Gasteiger partial charge >= 0.3 is 0 Å². The van der Waals surface area contributed by atoms with Gasteiger partial charge in [-0.15, -0.1) is 0 Å². The van der Waals surface area contributed by atoms with Gasteiger partial charge in [0.05, 0.1) is 18.1 Å². The minimum absolute atomic E-state index is 0.0771. The number of H-pyrrole nitrogens is 1. The first-order valence-electron chi connectivity index (χ1n) is 8.05. The fourth-order valence-corrected chi connectivity index (χ4v) is 3.11. The van der Waals surface area contributed by atoms with Crippen LogP contribution in [0.5, 0.6) is 5.75 Å². The number of nitrogens with one attached hydrogen (secondary N) is 2. The average Bonchev–Trinajstić information content (AvgIpc) is 3.05. The van der Waals surface area contributed by atoms with Crippen molar-refractivity contribution < 1.29 is 9.53 Å². The highest BCUT2D eigenvalue weighted by atomic mass is 16.5. The third kappa shape index (κ3) is 2.76. The van der Waals surface area contributed by atoms with Gasteiger partial charge in [0, 0.05) is 23.6 Å². The van der Waals surface area contributed by atoms with Crippen molar-refractivity contribution in [1.29, 1.82) is 0 Å². The Balaban J connectivity index is 1.76. The molecule has 2 heterocycles. The molecule has 1 unspecified atom stereocenters. The van der Waals surface area contributed by atoms with Crippen molar-refractivity contribution in [2.24, 2.45) is 5.10 Å². The van der Waals surface area contributed by atoms with Crippen molar-refractivity contribution in [2.75, 3.05) is 7.11 Å². The molecule has 25 heavy (non-hydrogen) atoms. The van der Waals surface area contributed by atoms with Gasteiger partial charge in [-0.2, -0.15) is 5.10 Å². The standard InChI is InChI=1S/C19H18N4O2/c1-19(10-17(24)23-20-11-19)13-6-7-15-16(9-13)22-18(21-15)12-4-3-5-14(8-12)25-2/h3-9,11H,10H2,1-2H3,(H,21,22)(H,23,24). The highest BCUT2D eigenvalue weighted by Gasteiger charge is 2.31. The Morgan fingerprint density at radius 2 is 2.08 bits per heavy atom. The summed E-state index contributed by atoms with van der Waals surface area (Å²) in [5.41, 5.74) is 5.85. The fraction of sp³-hybridized carbons (Fsp3) is 0.211. The summed E-state index contributed by atoms with van der Waals surface area (Å²) in [5, 5.41) is 3.98. The number of hydrogen-bond donors (Lipinski definition) is 2. The largest absolute Gasteiger partial charge is 0.497 e. The maximum atomic E-state index is 11.7. The van der Waals surface area contributed by atoms with Crippen LogP contribution in [0.1, 0.15) is 18.9 Å². The average molecular weight is 334 g/mol. The second kappa shape index (κ2) is 5.73. The smallest absolute Gasteiger partial charge is 0.241 e. The zero-order chi connectivity index (χ0) is 17.4. The maximum Gasteiger partial charge on any atom is 0.241 e. The van der Waals surface area contributed by atoms with Crippen molar-refractivity contribution in [1.82, 2.24) is 15.4 Å². The molecule has 6 heteroatoms. The predicted octanol–water partition coefficient (Wildman–Crippen LogP) is 3.00. The van der Waals surface area contributed by atoms with Gasteiger partial charge in [-0.25, -0.2) is 10.4 Å². The van der Waals surface area contributed by atoms with Crippen LogP contribution in [0.3, 0.4) is 0 Å². The monoisotopic (exact) mass is 334 g/mol. The van der Waals surface area contributed by atoms with E-state index in [0.29, 0.717) is 6.42 Å². The molecule has 0 bridgehead atoms. The molecular formula is C19H18N4O2. The van der Waals surface area contributed by atoms with Gasteiger partial charge in [0.1, 0.15) is 11.6 Å². The van der Waals surface area contributed by atoms with Crippen LogP contribution in [0.25, 0.3) is 22.4 Å². The number of methoxy groups -OCH3 is 1. The Kier molecular flexibility index (Phi) is 3.53. The van der Waals surface area contributed by atoms with Crippen LogP contribution in [0, 0.1) is 0 Å². The Morgan fingerprint density at radius 1 is 1.20 bits per heavy atom. The summed E-state index contributed by atoms with van der Waals surface area (Å²) >= 11 is 0. The van der Waals surface area contributed by atoms with Gasteiger partial charge in [-0.05, 0) is 36.8 Å². The Hall–Kier alpha value is -3.15. The molecule has 1 aliphatic rings. The Morgan fingerprint density at radius 3 is 2.88 bits per heavy atom. The lowest BCUT2D eigenvalue weighted by Crippen LogP contribution is -2.37. The molecule has 0 fully saturated rings. The number of nitrogens with zero attached hydrogens (tertiary/aromatic N) is 2. The molecule has 3 aromatic rings. The number of hydrogen-bond acceptors (Lipinski definition) is 4. The number of aromatic nitrogens is 2. The SMILES string of the molecule is COc1cccc(-c2nc3ccc(C4(C)C=NNC(=O)C4)cc3[nH]2)c1. The topological polar surface area (TPSA) is 79.4 Å². The molecule has 0 radical (unpaired) electrons. The van der Waals surface area contributed by atoms with E-state index in [9.17, 15) is 4.79 Å². The van der Waals surface area contributed by atoms with E-state index in [0.717, 1.165) is 33.7 Å². The number of imidazole rings is 1. The second-order valence-electron chi connectivity index (χ2n) is 6.44. The van der Waals surface area contributed by atoms with E-state index >= 15 is 0 Å². The van der Waals surface area contributed by atoms with E-state index in [1.165, 1.54) is 0 Å². The Labute approximate surface area is 144 Å². The number of hydrazone groups is 1. The molecule has 0 spiro atoms. The molecule has 1 aliphatic heterocycles. The fourth-order valence-electron chi connectivity index (χ4n) is 3.11. The lowest BCUT2D eigenvalue weighted by Gasteiger charge is -2.27. The molecule has 0 saturated carbocycles. The van der Waals surface area contributed by atoms with E-state index in [2.05, 4.69) is 20.5 Å². The number of ether oxygens (including phenoxy) is 1. The summed E-state index contributed by atoms with van der Waals surface area (Å²) in [4.78, 5) is 19.7. The lowest BCUT2D eigenvalue weighted by atomic mass is 9.79. The lowest BCUT2D eigenvalue weighted by molar-refractivity contribution is -0.122. The number of benzene rings is 2. The molecule has 2 aromatic carbocycles. The molecular weight excluding hydrogens is 316 g/mol. The van der Waals surface area contributed by atoms with Crippen LogP contribution >= 0.6 is 0 Å². The van der Waals surface area contributed by atoms with Crippen molar-refractivity contribution >= 4 is 23.2 Å². The van der Waals surface area contributed by atoms with E-state index in [-0.39, 0.29) is 5.91 Å². The van der Waals surface area contributed by atoms with Gasteiger partial charge in [0.15, 0.2) is 0 Å². The van der Waals surface area contributed by atoms with Crippen LogP contribution in [-0.2, 0) is 10.2 Å². The number of carbonyl (C=O) groups excluding carboxylic acids is 1. The number of rotatable bonds is 3. The zero-order valence-corrected chi connectivity index (χ0v) is 14.0. The zero-order valence-electron chi connectivity index (χ0n) is 14.0. The number of aromatic amines is 1. The highest BCUT2D eigenvalue weighted by Crippen LogP contribution is 2.31. The molecule has 0 aliphatic carbocycles. The summed E-state index contributed by atoms with van der Waals surface area (Å²) in [6.07, 6.45) is 2.16. The van der Waals surface area contributed by atoms with Gasteiger partial charge in [-0.3, -0.25) is 4.79 Å². The Bertz CT molecular complexity index is 992. The molecule has 4 rings (SSSR count).